The third kappa shape index (κ3) is 62.7. The maximum absolute atomic E-state index is 12.3. The van der Waals surface area contributed by atoms with E-state index >= 15 is 0 Å². The van der Waals surface area contributed by atoms with Crippen molar-refractivity contribution in [2.24, 2.45) is 0 Å². The van der Waals surface area contributed by atoms with E-state index in [1.165, 1.54) is 161 Å². The van der Waals surface area contributed by atoms with E-state index in [4.69, 9.17) is 9.47 Å². The first-order chi connectivity index (χ1) is 37.1. The summed E-state index contributed by atoms with van der Waals surface area (Å²) in [6, 6.07) is 0. The fraction of sp³-hybridized carbons (Fsp3) is 0.686. The van der Waals surface area contributed by atoms with Gasteiger partial charge < -0.3 is 14.6 Å². The third-order valence-electron chi connectivity index (χ3n) is 13.5. The van der Waals surface area contributed by atoms with E-state index in [1.807, 2.05) is 0 Å². The molecule has 1 atom stereocenters. The molecule has 0 aromatic heterocycles. The van der Waals surface area contributed by atoms with Crippen molar-refractivity contribution in [3.05, 3.63) is 122 Å². The number of unbranched alkanes of at least 4 members (excludes halogenated alkanes) is 29. The molecule has 0 amide bonds. The van der Waals surface area contributed by atoms with Crippen LogP contribution in [0.1, 0.15) is 290 Å². The Morgan fingerprint density at radius 3 is 0.867 bits per heavy atom. The van der Waals surface area contributed by atoms with Gasteiger partial charge in [0.1, 0.15) is 6.61 Å². The van der Waals surface area contributed by atoms with Crippen molar-refractivity contribution in [2.45, 2.75) is 296 Å². The minimum atomic E-state index is -0.780. The van der Waals surface area contributed by atoms with Crippen LogP contribution in [0.3, 0.4) is 0 Å². The van der Waals surface area contributed by atoms with Crippen LogP contribution in [0.4, 0.5) is 0 Å². The van der Waals surface area contributed by atoms with Crippen LogP contribution >= 0.6 is 0 Å². The summed E-state index contributed by atoms with van der Waals surface area (Å²) in [6.07, 6.45) is 94.8. The number of carbonyl (C=O) groups is 2. The lowest BCUT2D eigenvalue weighted by atomic mass is 10.0. The van der Waals surface area contributed by atoms with Crippen LogP contribution in [0.15, 0.2) is 122 Å². The maximum atomic E-state index is 12.3. The molecule has 75 heavy (non-hydrogen) atoms. The molecule has 428 valence electrons. The van der Waals surface area contributed by atoms with E-state index in [9.17, 15) is 14.7 Å². The number of rotatable bonds is 57. The van der Waals surface area contributed by atoms with Gasteiger partial charge in [0.25, 0.3) is 0 Å². The summed E-state index contributed by atoms with van der Waals surface area (Å²) in [6.45, 7) is 4.05. The molecule has 0 aromatic carbocycles. The van der Waals surface area contributed by atoms with Gasteiger partial charge in [0.05, 0.1) is 6.61 Å². The molecule has 0 rings (SSSR count). The molecule has 0 aliphatic carbocycles. The molecule has 0 aromatic rings. The van der Waals surface area contributed by atoms with Crippen LogP contribution in [0.5, 0.6) is 0 Å². The van der Waals surface area contributed by atoms with Gasteiger partial charge >= 0.3 is 11.9 Å². The highest BCUT2D eigenvalue weighted by Crippen LogP contribution is 2.17. The Hall–Kier alpha value is -3.70. The van der Waals surface area contributed by atoms with Crippen LogP contribution in [0.2, 0.25) is 0 Å². The van der Waals surface area contributed by atoms with Gasteiger partial charge in [0.15, 0.2) is 6.10 Å². The molecule has 1 N–H and O–H groups in total. The number of aliphatic hydroxyl groups is 1. The van der Waals surface area contributed by atoms with Crippen molar-refractivity contribution >= 4 is 11.9 Å². The quantitative estimate of drug-likeness (QED) is 0.0373. The fourth-order valence-corrected chi connectivity index (χ4v) is 8.82. The van der Waals surface area contributed by atoms with Crippen molar-refractivity contribution in [2.75, 3.05) is 13.2 Å². The lowest BCUT2D eigenvalue weighted by Gasteiger charge is -2.15. The van der Waals surface area contributed by atoms with Crippen LogP contribution < -0.4 is 0 Å². The van der Waals surface area contributed by atoms with Gasteiger partial charge in [0, 0.05) is 12.8 Å². The Labute approximate surface area is 464 Å². The Bertz CT molecular complexity index is 1500. The number of ether oxygens (including phenoxy) is 2. The largest absolute Gasteiger partial charge is 0.462 e. The van der Waals surface area contributed by atoms with Crippen LogP contribution in [0, 0.1) is 0 Å². The van der Waals surface area contributed by atoms with Gasteiger partial charge in [-0.25, -0.2) is 0 Å². The summed E-state index contributed by atoms with van der Waals surface area (Å²) < 4.78 is 10.7. The minimum absolute atomic E-state index is 0.0691. The molecule has 0 heterocycles. The molecule has 0 radical (unpaired) electrons. The van der Waals surface area contributed by atoms with E-state index in [2.05, 4.69) is 135 Å². The molecule has 0 fully saturated rings. The number of aliphatic hydroxyl groups excluding tert-OH is 1. The Morgan fingerprint density at radius 1 is 0.320 bits per heavy atom. The lowest BCUT2D eigenvalue weighted by Crippen LogP contribution is -2.28. The normalized spacial score (nSPS) is 13.1. The zero-order valence-electron chi connectivity index (χ0n) is 49.0. The summed E-state index contributed by atoms with van der Waals surface area (Å²) in [5.74, 6) is -0.589. The predicted octanol–water partition coefficient (Wildman–Crippen LogP) is 21.8. The van der Waals surface area contributed by atoms with Gasteiger partial charge in [-0.2, -0.15) is 0 Å². The van der Waals surface area contributed by atoms with Crippen molar-refractivity contribution in [1.29, 1.82) is 0 Å². The van der Waals surface area contributed by atoms with Crippen LogP contribution in [-0.4, -0.2) is 36.4 Å². The molecule has 1 unspecified atom stereocenters. The predicted molar refractivity (Wildman–Crippen MR) is 329 cm³/mol. The van der Waals surface area contributed by atoms with E-state index in [-0.39, 0.29) is 25.2 Å². The molecule has 0 saturated heterocycles. The minimum Gasteiger partial charge on any atom is -0.462 e. The molecule has 0 saturated carbocycles. The molecular formula is C70H118O5. The average Bonchev–Trinajstić information content (AvgIpc) is 3.41. The second-order valence-corrected chi connectivity index (χ2v) is 20.8. The van der Waals surface area contributed by atoms with Gasteiger partial charge in [-0.3, -0.25) is 9.59 Å². The lowest BCUT2D eigenvalue weighted by molar-refractivity contribution is -0.161. The highest BCUT2D eigenvalue weighted by molar-refractivity contribution is 5.70. The summed E-state index contributed by atoms with van der Waals surface area (Å²) in [4.78, 5) is 24.6. The van der Waals surface area contributed by atoms with Gasteiger partial charge in [0.2, 0.25) is 0 Å². The van der Waals surface area contributed by atoms with Gasteiger partial charge in [-0.15, -0.1) is 0 Å². The van der Waals surface area contributed by atoms with Crippen molar-refractivity contribution in [1.82, 2.24) is 0 Å². The number of esters is 2. The molecule has 0 spiro atoms. The second kappa shape index (κ2) is 64.6. The number of hydrogen-bond acceptors (Lipinski definition) is 5. The topological polar surface area (TPSA) is 72.8 Å². The average molecular weight is 1040 g/mol. The van der Waals surface area contributed by atoms with E-state index in [0.29, 0.717) is 12.8 Å². The highest BCUT2D eigenvalue weighted by Gasteiger charge is 2.16. The van der Waals surface area contributed by atoms with Crippen molar-refractivity contribution in [3.63, 3.8) is 0 Å². The van der Waals surface area contributed by atoms with Gasteiger partial charge in [-0.1, -0.05) is 309 Å². The molecule has 5 heteroatoms. The smallest absolute Gasteiger partial charge is 0.306 e. The highest BCUT2D eigenvalue weighted by atomic mass is 16.6. The summed E-state index contributed by atoms with van der Waals surface area (Å²) >= 11 is 0. The molecule has 5 nitrogen and oxygen atoms in total. The molecule has 0 aliphatic rings. The summed E-state index contributed by atoms with van der Waals surface area (Å²) in [7, 11) is 0. The SMILES string of the molecule is CC/C=C\C/C=C\C/C=C\C/C=C\C/C=C\C/C=C\C/C=C\C/C=C\C/C=C\C/C=C\CCCCCCCCCCCCC(=O)OC(CO)COC(=O)CCCCCCCCCCCCCCCCCCCCCC. The zero-order chi connectivity index (χ0) is 54.1. The first kappa shape index (κ1) is 71.3. The Morgan fingerprint density at radius 2 is 0.573 bits per heavy atom. The third-order valence-corrected chi connectivity index (χ3v) is 13.5. The second-order valence-electron chi connectivity index (χ2n) is 20.8. The number of carbonyl (C=O) groups excluding carboxylic acids is 2. The Kier molecular flexibility index (Phi) is 61.4. The van der Waals surface area contributed by atoms with E-state index in [1.54, 1.807) is 0 Å². The van der Waals surface area contributed by atoms with Crippen molar-refractivity contribution < 1.29 is 24.2 Å². The number of allylic oxidation sites excluding steroid dienone is 20. The van der Waals surface area contributed by atoms with Gasteiger partial charge in [-0.05, 0) is 89.9 Å². The van der Waals surface area contributed by atoms with Crippen LogP contribution in [-0.2, 0) is 19.1 Å². The molecule has 0 bridgehead atoms. The molecular weight excluding hydrogens is 921 g/mol. The summed E-state index contributed by atoms with van der Waals surface area (Å²) in [5.41, 5.74) is 0. The Balaban J connectivity index is 3.55. The van der Waals surface area contributed by atoms with Crippen molar-refractivity contribution in [3.8, 4) is 0 Å². The first-order valence-electron chi connectivity index (χ1n) is 31.6. The number of hydrogen-bond donors (Lipinski definition) is 1. The maximum Gasteiger partial charge on any atom is 0.306 e. The van der Waals surface area contributed by atoms with E-state index in [0.717, 1.165) is 103 Å². The first-order valence-corrected chi connectivity index (χ1v) is 31.6. The fourth-order valence-electron chi connectivity index (χ4n) is 8.82. The monoisotopic (exact) mass is 1040 g/mol. The van der Waals surface area contributed by atoms with Crippen LogP contribution in [0.25, 0.3) is 0 Å². The zero-order valence-corrected chi connectivity index (χ0v) is 49.0. The standard InChI is InChI=1S/C70H118O5/c1-3-5-7-9-11-13-15-17-19-21-23-25-26-27-28-29-30-31-32-33-34-35-36-37-38-39-40-41-42-43-44-45-47-49-51-53-55-57-59-61-63-65-70(73)75-68(66-71)67-74-69(72)64-62-60-58-56-54-52-50-48-46-24-22-20-18-16-14-12-10-8-6-4-2/h5,7,11,13,17,19,23,25,27-28,30-31,33-34,36-37,39-40,42-43,68,71H,3-4,6,8-10,12,14-16,18,20-22,24,26,29,32,35,38,41,44-67H2,1-2H3/b7-5-,13-11-,19-17-,25-23-,28-27-,31-30-,34-33-,37-36-,40-39-,43-42-. The van der Waals surface area contributed by atoms with E-state index < -0.39 is 6.10 Å². The summed E-state index contributed by atoms with van der Waals surface area (Å²) in [5, 5.41) is 9.67. The molecule has 0 aliphatic heterocycles.